The average Bonchev–Trinajstić information content (AvgIpc) is 3.46. The second-order valence-electron chi connectivity index (χ2n) is 10.1. The Morgan fingerprint density at radius 3 is 2.26 bits per heavy atom. The van der Waals surface area contributed by atoms with Gasteiger partial charge in [0.15, 0.2) is 5.78 Å². The van der Waals surface area contributed by atoms with Crippen LogP contribution in [0.15, 0.2) is 115 Å². The number of hydrogen-bond acceptors (Lipinski definition) is 4. The molecule has 4 aromatic rings. The van der Waals surface area contributed by atoms with Gasteiger partial charge in [-0.05, 0) is 35.4 Å². The zero-order valence-corrected chi connectivity index (χ0v) is 21.0. The first-order valence-corrected chi connectivity index (χ1v) is 13.0. The molecule has 1 fully saturated rings. The van der Waals surface area contributed by atoms with E-state index in [1.54, 1.807) is 24.3 Å². The first kappa shape index (κ1) is 23.2. The number of rotatable bonds is 4. The number of nitrogens with zero attached hydrogens (tertiary/aromatic N) is 1. The number of anilines is 3. The molecule has 6 heteroatoms. The zero-order valence-electron chi connectivity index (χ0n) is 21.0. The summed E-state index contributed by atoms with van der Waals surface area (Å²) in [6.45, 7) is 0. The van der Waals surface area contributed by atoms with Crippen molar-refractivity contribution in [2.75, 3.05) is 15.5 Å². The molecule has 3 heterocycles. The highest BCUT2D eigenvalue weighted by molar-refractivity contribution is 6.17. The molecule has 4 atom stereocenters. The molecule has 0 radical (unpaired) electrons. The number of carbonyl (C=O) groups excluding carboxylic acids is 3. The lowest BCUT2D eigenvalue weighted by Gasteiger charge is -2.37. The number of amides is 2. The van der Waals surface area contributed by atoms with E-state index >= 15 is 0 Å². The van der Waals surface area contributed by atoms with Gasteiger partial charge in [0.1, 0.15) is 11.5 Å². The van der Waals surface area contributed by atoms with Crippen LogP contribution in [-0.2, 0) is 15.0 Å². The van der Waals surface area contributed by atoms with Crippen LogP contribution in [-0.4, -0.2) is 29.7 Å². The minimum atomic E-state index is -1.31. The van der Waals surface area contributed by atoms with Crippen molar-refractivity contribution in [3.63, 3.8) is 0 Å². The van der Waals surface area contributed by atoms with Gasteiger partial charge in [-0.2, -0.15) is 0 Å². The summed E-state index contributed by atoms with van der Waals surface area (Å²) in [6, 6.07) is 32.0. The molecule has 3 aliphatic rings. The number of fused-ring (bicyclic) bond motifs is 6. The Balaban J connectivity index is 1.50. The van der Waals surface area contributed by atoms with Crippen molar-refractivity contribution >= 4 is 40.7 Å². The number of carbonyl (C=O) groups is 3. The molecular formula is C33H25N3O3. The lowest BCUT2D eigenvalue weighted by molar-refractivity contribution is -0.122. The summed E-state index contributed by atoms with van der Waals surface area (Å²) < 4.78 is 0. The summed E-state index contributed by atoms with van der Waals surface area (Å²) in [5.74, 6) is -1.84. The van der Waals surface area contributed by atoms with Crippen LogP contribution in [0.1, 0.15) is 21.5 Å². The van der Waals surface area contributed by atoms with Crippen molar-refractivity contribution in [3.05, 3.63) is 132 Å². The first-order valence-electron chi connectivity index (χ1n) is 13.0. The van der Waals surface area contributed by atoms with Crippen LogP contribution >= 0.6 is 0 Å². The quantitative estimate of drug-likeness (QED) is 0.365. The third-order valence-corrected chi connectivity index (χ3v) is 8.19. The monoisotopic (exact) mass is 511 g/mol. The molecule has 3 aliphatic heterocycles. The maximum Gasteiger partial charge on any atom is 0.247 e. The van der Waals surface area contributed by atoms with E-state index in [1.165, 1.54) is 0 Å². The van der Waals surface area contributed by atoms with Crippen LogP contribution in [0.25, 0.3) is 6.08 Å². The molecule has 6 nitrogen and oxygen atoms in total. The Bertz CT molecular complexity index is 1650. The smallest absolute Gasteiger partial charge is 0.247 e. The fourth-order valence-corrected chi connectivity index (χ4v) is 6.64. The van der Waals surface area contributed by atoms with Crippen molar-refractivity contribution in [2.24, 2.45) is 5.92 Å². The number of benzene rings is 4. The number of Topliss-reactive ketones (excluding diaryl/α,β-unsaturated/α-hetero) is 1. The van der Waals surface area contributed by atoms with Gasteiger partial charge in [0.2, 0.25) is 11.8 Å². The van der Waals surface area contributed by atoms with Crippen LogP contribution in [0.2, 0.25) is 0 Å². The fraction of sp³-hybridized carbons (Fsp3) is 0.121. The molecule has 1 saturated heterocycles. The molecule has 2 amide bonds. The number of ketones is 1. The van der Waals surface area contributed by atoms with Crippen molar-refractivity contribution in [2.45, 2.75) is 17.5 Å². The van der Waals surface area contributed by atoms with E-state index in [0.717, 1.165) is 16.8 Å². The number of para-hydroxylation sites is 3. The highest BCUT2D eigenvalue weighted by Crippen LogP contribution is 2.57. The summed E-state index contributed by atoms with van der Waals surface area (Å²) in [5, 5.41) is 6.09. The van der Waals surface area contributed by atoms with Crippen molar-refractivity contribution in [1.82, 2.24) is 0 Å². The Kier molecular flexibility index (Phi) is 5.23. The van der Waals surface area contributed by atoms with E-state index in [2.05, 4.69) is 10.6 Å². The normalized spacial score (nSPS) is 24.1. The largest absolute Gasteiger partial charge is 0.350 e. The van der Waals surface area contributed by atoms with Gasteiger partial charge in [-0.1, -0.05) is 97.1 Å². The highest BCUT2D eigenvalue weighted by Gasteiger charge is 2.70. The highest BCUT2D eigenvalue weighted by atomic mass is 16.2. The summed E-state index contributed by atoms with van der Waals surface area (Å²) in [5.41, 5.74) is 2.94. The third-order valence-electron chi connectivity index (χ3n) is 8.19. The maximum absolute atomic E-state index is 14.6. The Morgan fingerprint density at radius 1 is 0.795 bits per heavy atom. The van der Waals surface area contributed by atoms with Gasteiger partial charge >= 0.3 is 0 Å². The maximum atomic E-state index is 14.6. The molecule has 4 unspecified atom stereocenters. The van der Waals surface area contributed by atoms with Crippen LogP contribution < -0.4 is 15.5 Å². The third kappa shape index (κ3) is 3.31. The molecule has 1 spiro atoms. The van der Waals surface area contributed by atoms with Gasteiger partial charge < -0.3 is 15.5 Å². The van der Waals surface area contributed by atoms with Crippen LogP contribution in [0.5, 0.6) is 0 Å². The van der Waals surface area contributed by atoms with E-state index < -0.39 is 23.4 Å². The summed E-state index contributed by atoms with van der Waals surface area (Å²) in [4.78, 5) is 45.1. The minimum Gasteiger partial charge on any atom is -0.350 e. The number of nitrogens with one attached hydrogen (secondary N) is 2. The van der Waals surface area contributed by atoms with Crippen LogP contribution in [0.3, 0.4) is 0 Å². The predicted octanol–water partition coefficient (Wildman–Crippen LogP) is 5.30. The molecule has 0 bridgehead atoms. The topological polar surface area (TPSA) is 78.5 Å². The van der Waals surface area contributed by atoms with Gasteiger partial charge in [0.25, 0.3) is 0 Å². The molecule has 2 N–H and O–H groups in total. The van der Waals surface area contributed by atoms with E-state index in [1.807, 2.05) is 102 Å². The summed E-state index contributed by atoms with van der Waals surface area (Å²) >= 11 is 0. The predicted molar refractivity (Wildman–Crippen MR) is 152 cm³/mol. The Morgan fingerprint density at radius 2 is 1.46 bits per heavy atom. The molecule has 7 rings (SSSR count). The van der Waals surface area contributed by atoms with Gasteiger partial charge in [0.05, 0.1) is 12.0 Å². The van der Waals surface area contributed by atoms with E-state index in [-0.39, 0.29) is 17.6 Å². The van der Waals surface area contributed by atoms with E-state index in [0.29, 0.717) is 16.9 Å². The van der Waals surface area contributed by atoms with Gasteiger partial charge in [-0.15, -0.1) is 0 Å². The summed E-state index contributed by atoms with van der Waals surface area (Å²) in [7, 11) is 0. The molecule has 190 valence electrons. The standard InChI is InChI=1S/C33H25N3O3/c37-30(22-12-3-1-4-13-22)28-29(31(38)34-23-14-5-2-6-15-23)36-26-18-10-7-11-21(26)19-20-27(36)33(28)24-16-8-9-17-25(24)35-32(33)39/h1-20,27-29H,(H,34,38)(H,35,39). The average molecular weight is 512 g/mol. The lowest BCUT2D eigenvalue weighted by atomic mass is 9.64. The molecule has 0 aliphatic carbocycles. The first-order chi connectivity index (χ1) is 19.1. The minimum absolute atomic E-state index is 0.240. The molecule has 0 aromatic heterocycles. The Hall–Kier alpha value is -4.97. The van der Waals surface area contributed by atoms with Gasteiger partial charge in [0, 0.05) is 22.6 Å². The molecular weight excluding hydrogens is 486 g/mol. The zero-order chi connectivity index (χ0) is 26.6. The number of hydrogen-bond donors (Lipinski definition) is 2. The lowest BCUT2D eigenvalue weighted by Crippen LogP contribution is -2.51. The summed E-state index contributed by atoms with van der Waals surface area (Å²) in [6.07, 6.45) is 3.97. The van der Waals surface area contributed by atoms with Crippen LogP contribution in [0.4, 0.5) is 17.1 Å². The fourth-order valence-electron chi connectivity index (χ4n) is 6.64. The van der Waals surface area contributed by atoms with Crippen molar-refractivity contribution < 1.29 is 14.4 Å². The van der Waals surface area contributed by atoms with Gasteiger partial charge in [-0.25, -0.2) is 0 Å². The second-order valence-corrected chi connectivity index (χ2v) is 10.1. The van der Waals surface area contributed by atoms with E-state index in [9.17, 15) is 14.4 Å². The van der Waals surface area contributed by atoms with Crippen LogP contribution in [0, 0.1) is 5.92 Å². The molecule has 0 saturated carbocycles. The SMILES string of the molecule is O=C(Nc1ccccc1)C1C(C(=O)c2ccccc2)C2(C(=O)Nc3ccccc32)C2C=Cc3ccccc3N12. The van der Waals surface area contributed by atoms with Gasteiger partial charge in [-0.3, -0.25) is 14.4 Å². The molecule has 4 aromatic carbocycles. The van der Waals surface area contributed by atoms with Crippen molar-refractivity contribution in [3.8, 4) is 0 Å². The molecule has 39 heavy (non-hydrogen) atoms. The van der Waals surface area contributed by atoms with E-state index in [4.69, 9.17) is 0 Å². The second kappa shape index (κ2) is 8.81. The Labute approximate surface area is 226 Å². The van der Waals surface area contributed by atoms with Crippen molar-refractivity contribution in [1.29, 1.82) is 0 Å².